The molecule has 0 spiro atoms. The quantitative estimate of drug-likeness (QED) is 0.791. The summed E-state index contributed by atoms with van der Waals surface area (Å²) >= 11 is 6.20. The van der Waals surface area contributed by atoms with Crippen LogP contribution in [0.2, 0.25) is 0 Å². The van der Waals surface area contributed by atoms with E-state index < -0.39 is 5.72 Å². The van der Waals surface area contributed by atoms with Crippen LogP contribution in [0.25, 0.3) is 10.8 Å². The van der Waals surface area contributed by atoms with Gasteiger partial charge in [0, 0.05) is 29.8 Å². The van der Waals surface area contributed by atoms with Crippen molar-refractivity contribution in [1.29, 1.82) is 0 Å². The van der Waals surface area contributed by atoms with Gasteiger partial charge in [-0.05, 0) is 23.6 Å². The minimum Gasteiger partial charge on any atom is -0.363 e. The van der Waals surface area contributed by atoms with Gasteiger partial charge < -0.3 is 10.0 Å². The first kappa shape index (κ1) is 15.2. The Balaban J connectivity index is 1.80. The molecule has 3 nitrogen and oxygen atoms in total. The molecule has 1 N–H and O–H groups in total. The van der Waals surface area contributed by atoms with Crippen LogP contribution in [-0.4, -0.2) is 34.3 Å². The number of halogens is 1. The fourth-order valence-electron chi connectivity index (χ4n) is 4.25. The molecule has 3 aliphatic rings. The lowest BCUT2D eigenvalue weighted by molar-refractivity contribution is -0.0329. The Morgan fingerprint density at radius 3 is 2.92 bits per heavy atom. The summed E-state index contributed by atoms with van der Waals surface area (Å²) in [6.07, 6.45) is 7.69. The third-order valence-electron chi connectivity index (χ3n) is 5.43. The molecule has 0 bridgehead atoms. The number of fused-ring (bicyclic) bond motifs is 5. The Morgan fingerprint density at radius 2 is 2.08 bits per heavy atom. The molecule has 2 aliphatic heterocycles. The molecule has 126 valence electrons. The molecule has 2 unspecified atom stereocenters. The SMILES string of the molecule is OC1(C2=CCC(Cl)C=C2)c2ccc3ccccc3c2C2=NCCCN21. The zero-order chi connectivity index (χ0) is 17.0. The zero-order valence-electron chi connectivity index (χ0n) is 13.8. The summed E-state index contributed by atoms with van der Waals surface area (Å²) in [5.41, 5.74) is 1.73. The molecule has 2 aromatic carbocycles. The van der Waals surface area contributed by atoms with Crippen molar-refractivity contribution in [3.8, 4) is 0 Å². The van der Waals surface area contributed by atoms with Crippen molar-refractivity contribution in [3.63, 3.8) is 0 Å². The van der Waals surface area contributed by atoms with E-state index in [9.17, 15) is 5.11 Å². The van der Waals surface area contributed by atoms with Crippen LogP contribution in [0.1, 0.15) is 24.0 Å². The minimum atomic E-state index is -1.16. The van der Waals surface area contributed by atoms with Crippen LogP contribution < -0.4 is 0 Å². The highest BCUT2D eigenvalue weighted by Gasteiger charge is 2.50. The highest BCUT2D eigenvalue weighted by atomic mass is 35.5. The van der Waals surface area contributed by atoms with Crippen molar-refractivity contribution < 1.29 is 5.11 Å². The van der Waals surface area contributed by atoms with Crippen LogP contribution in [0.4, 0.5) is 0 Å². The second kappa shape index (κ2) is 5.45. The highest BCUT2D eigenvalue weighted by molar-refractivity contribution is 6.22. The Morgan fingerprint density at radius 1 is 1.20 bits per heavy atom. The van der Waals surface area contributed by atoms with E-state index in [2.05, 4.69) is 35.2 Å². The number of alkyl halides is 1. The number of nitrogens with zero attached hydrogens (tertiary/aromatic N) is 2. The van der Waals surface area contributed by atoms with E-state index in [-0.39, 0.29) is 5.38 Å². The van der Waals surface area contributed by atoms with Crippen LogP contribution in [0, 0.1) is 0 Å². The molecule has 0 amide bonds. The van der Waals surface area contributed by atoms with Gasteiger partial charge in [-0.1, -0.05) is 54.6 Å². The molecule has 2 atom stereocenters. The van der Waals surface area contributed by atoms with Gasteiger partial charge >= 0.3 is 0 Å². The van der Waals surface area contributed by atoms with Crippen molar-refractivity contribution >= 4 is 28.2 Å². The summed E-state index contributed by atoms with van der Waals surface area (Å²) in [7, 11) is 0. The van der Waals surface area contributed by atoms with Crippen molar-refractivity contribution in [1.82, 2.24) is 4.90 Å². The number of amidine groups is 1. The molecule has 2 heterocycles. The van der Waals surface area contributed by atoms with Crippen LogP contribution in [0.15, 0.2) is 65.2 Å². The normalized spacial score (nSPS) is 27.8. The van der Waals surface area contributed by atoms with Crippen LogP contribution in [0.3, 0.4) is 0 Å². The van der Waals surface area contributed by atoms with E-state index in [0.717, 1.165) is 53.9 Å². The van der Waals surface area contributed by atoms with Crippen molar-refractivity contribution in [2.24, 2.45) is 4.99 Å². The zero-order valence-corrected chi connectivity index (χ0v) is 14.6. The summed E-state index contributed by atoms with van der Waals surface area (Å²) in [6, 6.07) is 12.5. The largest absolute Gasteiger partial charge is 0.363 e. The summed E-state index contributed by atoms with van der Waals surface area (Å²) in [5, 5.41) is 14.2. The lowest BCUT2D eigenvalue weighted by atomic mass is 9.88. The van der Waals surface area contributed by atoms with Crippen molar-refractivity contribution in [2.45, 2.75) is 23.9 Å². The number of allylic oxidation sites excluding steroid dienone is 2. The monoisotopic (exact) mass is 350 g/mol. The molecule has 0 radical (unpaired) electrons. The van der Waals surface area contributed by atoms with Crippen molar-refractivity contribution in [3.05, 3.63) is 71.3 Å². The molecule has 4 heteroatoms. The Bertz CT molecular complexity index is 962. The molecule has 0 aromatic heterocycles. The number of benzene rings is 2. The molecule has 1 aliphatic carbocycles. The summed E-state index contributed by atoms with van der Waals surface area (Å²) < 4.78 is 0. The smallest absolute Gasteiger partial charge is 0.192 e. The Kier molecular flexibility index (Phi) is 3.31. The number of aliphatic hydroxyl groups is 1. The van der Waals surface area contributed by atoms with Gasteiger partial charge in [-0.3, -0.25) is 4.99 Å². The first-order valence-electron chi connectivity index (χ1n) is 8.79. The van der Waals surface area contributed by atoms with Gasteiger partial charge in [0.05, 0.1) is 5.38 Å². The third-order valence-corrected chi connectivity index (χ3v) is 5.75. The molecular weight excluding hydrogens is 332 g/mol. The standard InChI is InChI=1S/C21H19ClN2O/c22-16-9-7-15(8-10-16)21(25)18-11-6-14-4-1-2-5-17(14)19(18)20-23-12-3-13-24(20)21/h1-2,4-9,11,16,25H,3,10,12-13H2. The average Bonchev–Trinajstić information content (AvgIpc) is 2.93. The fraction of sp³-hybridized carbons (Fsp3) is 0.286. The van der Waals surface area contributed by atoms with E-state index in [1.807, 2.05) is 24.3 Å². The second-order valence-electron chi connectivity index (χ2n) is 6.86. The lowest BCUT2D eigenvalue weighted by Crippen LogP contribution is -2.47. The van der Waals surface area contributed by atoms with Gasteiger partial charge in [0.1, 0.15) is 5.84 Å². The van der Waals surface area contributed by atoms with Gasteiger partial charge in [0.25, 0.3) is 0 Å². The van der Waals surface area contributed by atoms with Gasteiger partial charge in [0.2, 0.25) is 0 Å². The van der Waals surface area contributed by atoms with E-state index in [0.29, 0.717) is 0 Å². The number of hydrogen-bond donors (Lipinski definition) is 1. The number of hydrogen-bond acceptors (Lipinski definition) is 3. The first-order valence-corrected chi connectivity index (χ1v) is 9.23. The summed E-state index contributed by atoms with van der Waals surface area (Å²) in [6.45, 7) is 1.61. The number of rotatable bonds is 1. The first-order chi connectivity index (χ1) is 12.2. The van der Waals surface area contributed by atoms with Gasteiger partial charge in [-0.15, -0.1) is 11.6 Å². The molecule has 0 fully saturated rings. The van der Waals surface area contributed by atoms with E-state index in [1.54, 1.807) is 0 Å². The van der Waals surface area contributed by atoms with Crippen LogP contribution in [-0.2, 0) is 5.72 Å². The molecule has 0 saturated carbocycles. The van der Waals surface area contributed by atoms with E-state index >= 15 is 0 Å². The predicted molar refractivity (Wildman–Crippen MR) is 102 cm³/mol. The van der Waals surface area contributed by atoms with E-state index in [1.165, 1.54) is 5.39 Å². The molecule has 2 aromatic rings. The Hall–Kier alpha value is -2.10. The minimum absolute atomic E-state index is 0.000629. The number of aliphatic imine (C=N–C) groups is 1. The predicted octanol–water partition coefficient (Wildman–Crippen LogP) is 3.94. The van der Waals surface area contributed by atoms with Gasteiger partial charge in [-0.25, -0.2) is 0 Å². The highest BCUT2D eigenvalue weighted by Crippen LogP contribution is 2.47. The van der Waals surface area contributed by atoms with E-state index in [4.69, 9.17) is 16.6 Å². The third kappa shape index (κ3) is 2.06. The molecular formula is C21H19ClN2O. The average molecular weight is 351 g/mol. The molecule has 25 heavy (non-hydrogen) atoms. The summed E-state index contributed by atoms with van der Waals surface area (Å²) in [4.78, 5) is 6.86. The van der Waals surface area contributed by atoms with Crippen LogP contribution in [0.5, 0.6) is 0 Å². The molecule has 5 rings (SSSR count). The summed E-state index contributed by atoms with van der Waals surface area (Å²) in [5.74, 6) is 0.919. The molecule has 0 saturated heterocycles. The maximum absolute atomic E-state index is 11.9. The van der Waals surface area contributed by atoms with Crippen LogP contribution >= 0.6 is 11.6 Å². The maximum atomic E-state index is 11.9. The van der Waals surface area contributed by atoms with Crippen molar-refractivity contribution in [2.75, 3.05) is 13.1 Å². The van der Waals surface area contributed by atoms with Gasteiger partial charge in [0.15, 0.2) is 5.72 Å². The lowest BCUT2D eigenvalue weighted by Gasteiger charge is -2.39. The topological polar surface area (TPSA) is 35.8 Å². The maximum Gasteiger partial charge on any atom is 0.192 e. The fourth-order valence-corrected chi connectivity index (χ4v) is 4.41. The Labute approximate surface area is 151 Å². The van der Waals surface area contributed by atoms with Gasteiger partial charge in [-0.2, -0.15) is 0 Å². The second-order valence-corrected chi connectivity index (χ2v) is 7.42.